The molecule has 1 aromatic carbocycles. The van der Waals surface area contributed by atoms with Gasteiger partial charge in [0.15, 0.2) is 5.96 Å². The van der Waals surface area contributed by atoms with E-state index in [9.17, 15) is 4.79 Å². The third kappa shape index (κ3) is 9.75. The van der Waals surface area contributed by atoms with E-state index < -0.39 is 0 Å². The number of aliphatic imine (C=N–C) groups is 1. The van der Waals surface area contributed by atoms with Crippen LogP contribution in [0.2, 0.25) is 0 Å². The maximum Gasteiger partial charge on any atom is 0.251 e. The van der Waals surface area contributed by atoms with Gasteiger partial charge in [0.2, 0.25) is 0 Å². The highest BCUT2D eigenvalue weighted by Gasteiger charge is 2.09. The molecule has 0 bridgehead atoms. The average molecular weight is 552 g/mol. The highest BCUT2D eigenvalue weighted by molar-refractivity contribution is 14.0. The monoisotopic (exact) mass is 551 g/mol. The SMILES string of the molecule is CCNC(=NCCN1CCCCC1)NCCNC(=O)c1ccc(Br)cc1.I. The molecule has 1 saturated heterocycles. The zero-order chi connectivity index (χ0) is 18.6. The topological polar surface area (TPSA) is 68.8 Å². The highest BCUT2D eigenvalue weighted by Crippen LogP contribution is 2.10. The smallest absolute Gasteiger partial charge is 0.251 e. The van der Waals surface area contributed by atoms with Gasteiger partial charge in [0.1, 0.15) is 0 Å². The molecule has 27 heavy (non-hydrogen) atoms. The quantitative estimate of drug-likeness (QED) is 0.201. The fraction of sp³-hybridized carbons (Fsp3) is 0.579. The van der Waals surface area contributed by atoms with Crippen LogP contribution in [0.5, 0.6) is 0 Å². The van der Waals surface area contributed by atoms with E-state index in [1.54, 1.807) is 12.1 Å². The van der Waals surface area contributed by atoms with Gasteiger partial charge >= 0.3 is 0 Å². The first-order chi connectivity index (χ1) is 12.7. The minimum absolute atomic E-state index is 0. The second-order valence-corrected chi connectivity index (χ2v) is 7.27. The zero-order valence-electron chi connectivity index (χ0n) is 16.0. The Bertz CT molecular complexity index is 576. The number of hydrogen-bond donors (Lipinski definition) is 3. The van der Waals surface area contributed by atoms with Crippen LogP contribution in [-0.4, -0.2) is 62.6 Å². The van der Waals surface area contributed by atoms with Gasteiger partial charge in [-0.05, 0) is 57.1 Å². The number of nitrogens with zero attached hydrogens (tertiary/aromatic N) is 2. The van der Waals surface area contributed by atoms with E-state index in [2.05, 4.69) is 48.7 Å². The van der Waals surface area contributed by atoms with Gasteiger partial charge in [-0.25, -0.2) is 0 Å². The molecule has 2 rings (SSSR count). The maximum atomic E-state index is 12.1. The first kappa shape index (κ1) is 24.2. The van der Waals surface area contributed by atoms with Crippen molar-refractivity contribution < 1.29 is 4.79 Å². The van der Waals surface area contributed by atoms with Crippen molar-refractivity contribution in [3.05, 3.63) is 34.3 Å². The molecule has 152 valence electrons. The lowest BCUT2D eigenvalue weighted by atomic mass is 10.1. The summed E-state index contributed by atoms with van der Waals surface area (Å²) in [6.07, 6.45) is 3.97. The van der Waals surface area contributed by atoms with Gasteiger partial charge in [-0.2, -0.15) is 0 Å². The second kappa shape index (κ2) is 14.2. The fourth-order valence-corrected chi connectivity index (χ4v) is 3.15. The molecular formula is C19H31BrIN5O. The lowest BCUT2D eigenvalue weighted by Crippen LogP contribution is -2.42. The summed E-state index contributed by atoms with van der Waals surface area (Å²) < 4.78 is 0.965. The van der Waals surface area contributed by atoms with Crippen molar-refractivity contribution >= 4 is 51.8 Å². The molecular weight excluding hydrogens is 521 g/mol. The Balaban J connectivity index is 0.00000364. The van der Waals surface area contributed by atoms with Crippen molar-refractivity contribution in [3.8, 4) is 0 Å². The van der Waals surface area contributed by atoms with E-state index >= 15 is 0 Å². The molecule has 1 heterocycles. The highest BCUT2D eigenvalue weighted by atomic mass is 127. The molecule has 0 aliphatic carbocycles. The van der Waals surface area contributed by atoms with E-state index in [1.165, 1.54) is 32.4 Å². The Kier molecular flexibility index (Phi) is 12.7. The first-order valence-electron chi connectivity index (χ1n) is 9.47. The van der Waals surface area contributed by atoms with Crippen LogP contribution in [0.25, 0.3) is 0 Å². The lowest BCUT2D eigenvalue weighted by Gasteiger charge is -2.25. The van der Waals surface area contributed by atoms with Gasteiger partial charge in [0, 0.05) is 36.2 Å². The molecule has 0 radical (unpaired) electrons. The Morgan fingerprint density at radius 2 is 1.74 bits per heavy atom. The fourth-order valence-electron chi connectivity index (χ4n) is 2.89. The van der Waals surface area contributed by atoms with Gasteiger partial charge < -0.3 is 20.9 Å². The van der Waals surface area contributed by atoms with Crippen molar-refractivity contribution in [2.45, 2.75) is 26.2 Å². The number of nitrogens with one attached hydrogen (secondary N) is 3. The summed E-state index contributed by atoms with van der Waals surface area (Å²) in [5.41, 5.74) is 0.662. The number of piperidine rings is 1. The number of amides is 1. The summed E-state index contributed by atoms with van der Waals surface area (Å²) in [7, 11) is 0. The first-order valence-corrected chi connectivity index (χ1v) is 10.3. The Morgan fingerprint density at radius 1 is 1.07 bits per heavy atom. The lowest BCUT2D eigenvalue weighted by molar-refractivity contribution is 0.0954. The number of likely N-dealkylation sites (tertiary alicyclic amines) is 1. The van der Waals surface area contributed by atoms with Crippen molar-refractivity contribution in [3.63, 3.8) is 0 Å². The van der Waals surface area contributed by atoms with Crippen LogP contribution < -0.4 is 16.0 Å². The number of guanidine groups is 1. The third-order valence-corrected chi connectivity index (χ3v) is 4.82. The molecule has 0 unspecified atom stereocenters. The number of carbonyl (C=O) groups excluding carboxylic acids is 1. The van der Waals surface area contributed by atoms with Crippen LogP contribution in [-0.2, 0) is 0 Å². The average Bonchev–Trinajstić information content (AvgIpc) is 2.66. The van der Waals surface area contributed by atoms with Gasteiger partial charge in [-0.15, -0.1) is 24.0 Å². The van der Waals surface area contributed by atoms with Gasteiger partial charge in [0.25, 0.3) is 5.91 Å². The number of rotatable bonds is 8. The van der Waals surface area contributed by atoms with E-state index in [0.717, 1.165) is 30.1 Å². The van der Waals surface area contributed by atoms with E-state index in [1.807, 2.05) is 12.1 Å². The molecule has 1 aliphatic rings. The summed E-state index contributed by atoms with van der Waals surface area (Å²) in [6, 6.07) is 7.34. The minimum Gasteiger partial charge on any atom is -0.357 e. The predicted molar refractivity (Wildman–Crippen MR) is 126 cm³/mol. The summed E-state index contributed by atoms with van der Waals surface area (Å²) in [5, 5.41) is 9.44. The molecule has 6 nitrogen and oxygen atoms in total. The van der Waals surface area contributed by atoms with Crippen LogP contribution in [0.15, 0.2) is 33.7 Å². The van der Waals surface area contributed by atoms with Crippen LogP contribution >= 0.6 is 39.9 Å². The largest absolute Gasteiger partial charge is 0.357 e. The summed E-state index contributed by atoms with van der Waals surface area (Å²) >= 11 is 3.37. The van der Waals surface area contributed by atoms with Gasteiger partial charge in [0.05, 0.1) is 6.54 Å². The molecule has 0 saturated carbocycles. The van der Waals surface area contributed by atoms with Gasteiger partial charge in [-0.3, -0.25) is 9.79 Å². The van der Waals surface area contributed by atoms with Crippen molar-refractivity contribution in [1.82, 2.24) is 20.9 Å². The normalized spacial score (nSPS) is 15.0. The molecule has 0 atom stereocenters. The summed E-state index contributed by atoms with van der Waals surface area (Å²) in [4.78, 5) is 19.2. The standard InChI is InChI=1S/C19H30BrN5O.HI/c1-2-21-19(24-12-15-25-13-4-3-5-14-25)23-11-10-22-18(26)16-6-8-17(20)9-7-16;/h6-9H,2-5,10-15H2,1H3,(H,22,26)(H2,21,23,24);1H. The number of benzene rings is 1. The summed E-state index contributed by atoms with van der Waals surface area (Å²) in [5.74, 6) is 0.744. The van der Waals surface area contributed by atoms with Gasteiger partial charge in [-0.1, -0.05) is 22.4 Å². The molecule has 0 spiro atoms. The van der Waals surface area contributed by atoms with Crippen LogP contribution in [0, 0.1) is 0 Å². The number of carbonyl (C=O) groups is 1. The maximum absolute atomic E-state index is 12.1. The number of halogens is 2. The van der Waals surface area contributed by atoms with Crippen molar-refractivity contribution in [1.29, 1.82) is 0 Å². The van der Waals surface area contributed by atoms with E-state index in [-0.39, 0.29) is 29.9 Å². The second-order valence-electron chi connectivity index (χ2n) is 6.35. The molecule has 0 aromatic heterocycles. The number of hydrogen-bond acceptors (Lipinski definition) is 3. The predicted octanol–water partition coefficient (Wildman–Crippen LogP) is 2.84. The third-order valence-electron chi connectivity index (χ3n) is 4.29. The molecule has 1 aliphatic heterocycles. The van der Waals surface area contributed by atoms with Crippen LogP contribution in [0.1, 0.15) is 36.5 Å². The van der Waals surface area contributed by atoms with Crippen molar-refractivity contribution in [2.75, 3.05) is 45.8 Å². The van der Waals surface area contributed by atoms with E-state index in [4.69, 9.17) is 0 Å². The molecule has 1 fully saturated rings. The molecule has 8 heteroatoms. The minimum atomic E-state index is -0.0636. The molecule has 3 N–H and O–H groups in total. The van der Waals surface area contributed by atoms with E-state index in [0.29, 0.717) is 18.7 Å². The zero-order valence-corrected chi connectivity index (χ0v) is 19.9. The summed E-state index contributed by atoms with van der Waals surface area (Å²) in [6.45, 7) is 8.25. The van der Waals surface area contributed by atoms with Crippen molar-refractivity contribution in [2.24, 2.45) is 4.99 Å². The Morgan fingerprint density at radius 3 is 2.41 bits per heavy atom. The van der Waals surface area contributed by atoms with Crippen LogP contribution in [0.3, 0.4) is 0 Å². The Hall–Kier alpha value is -0.870. The van der Waals surface area contributed by atoms with Crippen LogP contribution in [0.4, 0.5) is 0 Å². The molecule has 1 amide bonds. The Labute approximate surface area is 188 Å². The molecule has 1 aromatic rings.